The van der Waals surface area contributed by atoms with Crippen LogP contribution in [0.3, 0.4) is 0 Å². The largest absolute Gasteiger partial charge is 0.370 e. The Kier molecular flexibility index (Phi) is 3.59. The van der Waals surface area contributed by atoms with Crippen LogP contribution < -0.4 is 10.5 Å². The number of nitrogens with zero attached hydrogens (tertiary/aromatic N) is 8. The zero-order valence-corrected chi connectivity index (χ0v) is 16.6. The topological polar surface area (TPSA) is 108 Å². The molecule has 5 heterocycles. The molecule has 1 aliphatic heterocycles. The van der Waals surface area contributed by atoms with Gasteiger partial charge < -0.3 is 14.0 Å². The average Bonchev–Trinajstić information content (AvgIpc) is 3.16. The molecule has 30 heavy (non-hydrogen) atoms. The van der Waals surface area contributed by atoms with E-state index in [1.165, 1.54) is 10.9 Å². The van der Waals surface area contributed by atoms with E-state index in [4.69, 9.17) is 4.52 Å². The third-order valence-electron chi connectivity index (χ3n) is 6.24. The summed E-state index contributed by atoms with van der Waals surface area (Å²) in [5.74, 6) is 2.55. The van der Waals surface area contributed by atoms with E-state index in [2.05, 4.69) is 36.1 Å². The molecular formula is C20H20N8O2. The molecule has 1 saturated carbocycles. The third-order valence-corrected chi connectivity index (χ3v) is 6.24. The van der Waals surface area contributed by atoms with Gasteiger partial charge in [-0.15, -0.1) is 0 Å². The molecule has 4 aromatic rings. The maximum absolute atomic E-state index is 12.7. The van der Waals surface area contributed by atoms with Gasteiger partial charge in [-0.2, -0.15) is 4.98 Å². The Bertz CT molecular complexity index is 1290. The summed E-state index contributed by atoms with van der Waals surface area (Å²) in [6, 6.07) is 4.17. The number of hydrogen-bond donors (Lipinski definition) is 0. The Hall–Kier alpha value is -3.56. The lowest BCUT2D eigenvalue weighted by Gasteiger charge is -2.21. The monoisotopic (exact) mass is 404 g/mol. The fourth-order valence-corrected chi connectivity index (χ4v) is 4.56. The first kappa shape index (κ1) is 17.3. The standard InChI is InChI=1S/C20H20N8O2/c1-11-3-4-12(5-21-11)27-6-13-14(7-27)16(13)18-24-15(30-25-18)8-28-10-23-19-17(20(28)29)26(2)9-22-19/h3-5,9-10,13-14,16H,6-8H2,1-2H3. The molecule has 2 atom stereocenters. The zero-order valence-electron chi connectivity index (χ0n) is 16.6. The van der Waals surface area contributed by atoms with Crippen LogP contribution >= 0.6 is 0 Å². The van der Waals surface area contributed by atoms with Gasteiger partial charge in [-0.3, -0.25) is 14.3 Å². The summed E-state index contributed by atoms with van der Waals surface area (Å²) in [6.45, 7) is 4.15. The van der Waals surface area contributed by atoms with Crippen LogP contribution in [-0.4, -0.2) is 47.3 Å². The number of aryl methyl sites for hydroxylation is 2. The molecule has 0 bridgehead atoms. The number of fused-ring (bicyclic) bond motifs is 2. The molecule has 152 valence electrons. The van der Waals surface area contributed by atoms with Crippen LogP contribution in [0.15, 0.2) is 40.3 Å². The lowest BCUT2D eigenvalue weighted by atomic mass is 10.2. The molecule has 0 amide bonds. The molecule has 1 aliphatic carbocycles. The summed E-state index contributed by atoms with van der Waals surface area (Å²) < 4.78 is 8.59. The van der Waals surface area contributed by atoms with Crippen molar-refractivity contribution in [2.24, 2.45) is 18.9 Å². The fourth-order valence-electron chi connectivity index (χ4n) is 4.56. The lowest BCUT2D eigenvalue weighted by molar-refractivity contribution is 0.363. The number of pyridine rings is 1. The van der Waals surface area contributed by atoms with E-state index in [0.717, 1.165) is 30.3 Å². The molecule has 2 unspecified atom stereocenters. The van der Waals surface area contributed by atoms with Crippen LogP contribution in [0.25, 0.3) is 11.2 Å². The summed E-state index contributed by atoms with van der Waals surface area (Å²) in [7, 11) is 1.77. The van der Waals surface area contributed by atoms with E-state index >= 15 is 0 Å². The SMILES string of the molecule is Cc1ccc(N2CC3C(C2)C3c2noc(Cn3cnc4ncn(C)c4c3=O)n2)cn1. The van der Waals surface area contributed by atoms with Gasteiger partial charge in [0.25, 0.3) is 5.56 Å². The van der Waals surface area contributed by atoms with Gasteiger partial charge in [-0.1, -0.05) is 5.16 Å². The van der Waals surface area contributed by atoms with E-state index < -0.39 is 0 Å². The Morgan fingerprint density at radius 2 is 1.93 bits per heavy atom. The molecule has 4 aromatic heterocycles. The van der Waals surface area contributed by atoms with Crippen molar-refractivity contribution in [2.75, 3.05) is 18.0 Å². The van der Waals surface area contributed by atoms with Gasteiger partial charge >= 0.3 is 0 Å². The molecule has 0 spiro atoms. The number of imidazole rings is 1. The van der Waals surface area contributed by atoms with Crippen LogP contribution in [0.1, 0.15) is 23.3 Å². The molecule has 0 N–H and O–H groups in total. The quantitative estimate of drug-likeness (QED) is 0.498. The van der Waals surface area contributed by atoms with Gasteiger partial charge in [0.2, 0.25) is 5.89 Å². The van der Waals surface area contributed by atoms with E-state index in [1.54, 1.807) is 17.9 Å². The van der Waals surface area contributed by atoms with Gasteiger partial charge in [0.1, 0.15) is 12.9 Å². The highest BCUT2D eigenvalue weighted by atomic mass is 16.5. The van der Waals surface area contributed by atoms with Crippen molar-refractivity contribution in [1.29, 1.82) is 0 Å². The summed E-state index contributed by atoms with van der Waals surface area (Å²) in [4.78, 5) is 32.4. The van der Waals surface area contributed by atoms with Gasteiger partial charge in [0.05, 0.1) is 18.2 Å². The lowest BCUT2D eigenvalue weighted by Crippen LogP contribution is -2.24. The van der Waals surface area contributed by atoms with Crippen molar-refractivity contribution in [3.05, 3.63) is 58.7 Å². The minimum absolute atomic E-state index is 0.176. The van der Waals surface area contributed by atoms with Gasteiger partial charge in [0.15, 0.2) is 17.0 Å². The Morgan fingerprint density at radius 1 is 1.13 bits per heavy atom. The molecule has 10 nitrogen and oxygen atoms in total. The minimum Gasteiger partial charge on any atom is -0.370 e. The molecule has 0 radical (unpaired) electrons. The summed E-state index contributed by atoms with van der Waals surface area (Å²) in [5, 5.41) is 4.20. The highest BCUT2D eigenvalue weighted by Crippen LogP contribution is 2.57. The molecule has 6 rings (SSSR count). The fraction of sp³-hybridized carbons (Fsp3) is 0.400. The molecular weight excluding hydrogens is 384 g/mol. The number of aromatic nitrogens is 7. The van der Waals surface area contributed by atoms with Crippen molar-refractivity contribution < 1.29 is 4.52 Å². The van der Waals surface area contributed by atoms with Crippen LogP contribution in [0, 0.1) is 18.8 Å². The molecule has 10 heteroatoms. The van der Waals surface area contributed by atoms with E-state index in [0.29, 0.717) is 34.8 Å². The molecule has 0 aromatic carbocycles. The second kappa shape index (κ2) is 6.22. The van der Waals surface area contributed by atoms with Crippen molar-refractivity contribution in [2.45, 2.75) is 19.4 Å². The third kappa shape index (κ3) is 2.63. The van der Waals surface area contributed by atoms with Crippen molar-refractivity contribution >= 4 is 16.9 Å². The Balaban J connectivity index is 1.16. The van der Waals surface area contributed by atoms with Gasteiger partial charge in [-0.05, 0) is 30.9 Å². The number of piperidine rings is 1. The summed E-state index contributed by atoms with van der Waals surface area (Å²) in [6.07, 6.45) is 4.99. The smallest absolute Gasteiger partial charge is 0.280 e. The predicted molar refractivity (Wildman–Crippen MR) is 107 cm³/mol. The van der Waals surface area contributed by atoms with E-state index in [1.807, 2.05) is 19.2 Å². The van der Waals surface area contributed by atoms with E-state index in [9.17, 15) is 4.79 Å². The maximum atomic E-state index is 12.7. The van der Waals surface area contributed by atoms with Crippen molar-refractivity contribution in [3.8, 4) is 0 Å². The predicted octanol–water partition coefficient (Wildman–Crippen LogP) is 1.11. The van der Waals surface area contributed by atoms with Crippen LogP contribution in [0.2, 0.25) is 0 Å². The minimum atomic E-state index is -0.176. The highest BCUT2D eigenvalue weighted by Gasteiger charge is 2.58. The average molecular weight is 404 g/mol. The highest BCUT2D eigenvalue weighted by molar-refractivity contribution is 5.68. The molecule has 2 aliphatic rings. The summed E-state index contributed by atoms with van der Waals surface area (Å²) in [5.41, 5.74) is 2.91. The van der Waals surface area contributed by atoms with Gasteiger partial charge in [-0.25, -0.2) is 9.97 Å². The van der Waals surface area contributed by atoms with Crippen LogP contribution in [0.4, 0.5) is 5.69 Å². The first-order chi connectivity index (χ1) is 14.6. The first-order valence-corrected chi connectivity index (χ1v) is 9.95. The van der Waals surface area contributed by atoms with Crippen molar-refractivity contribution in [1.82, 2.24) is 34.2 Å². The second-order valence-electron chi connectivity index (χ2n) is 8.17. The van der Waals surface area contributed by atoms with Crippen LogP contribution in [0.5, 0.6) is 0 Å². The summed E-state index contributed by atoms with van der Waals surface area (Å²) >= 11 is 0. The number of rotatable bonds is 4. The maximum Gasteiger partial charge on any atom is 0.280 e. The Labute approximate surface area is 171 Å². The second-order valence-corrected chi connectivity index (χ2v) is 8.17. The van der Waals surface area contributed by atoms with E-state index in [-0.39, 0.29) is 12.1 Å². The number of anilines is 1. The first-order valence-electron chi connectivity index (χ1n) is 9.95. The zero-order chi connectivity index (χ0) is 20.4. The number of hydrogen-bond acceptors (Lipinski definition) is 8. The normalized spacial score (nSPS) is 22.6. The van der Waals surface area contributed by atoms with Crippen LogP contribution in [-0.2, 0) is 13.6 Å². The molecule has 2 fully saturated rings. The van der Waals surface area contributed by atoms with Crippen molar-refractivity contribution in [3.63, 3.8) is 0 Å². The van der Waals surface area contributed by atoms with Gasteiger partial charge in [0, 0.05) is 31.7 Å². The molecule has 1 saturated heterocycles. The Morgan fingerprint density at radius 3 is 2.70 bits per heavy atom.